The number of carbonyl (C=O) groups excluding carboxylic acids is 3. The molecule has 2 aromatic rings. The van der Waals surface area contributed by atoms with Gasteiger partial charge in [0.05, 0.1) is 30.7 Å². The Bertz CT molecular complexity index is 1280. The molecule has 3 heterocycles. The van der Waals surface area contributed by atoms with Gasteiger partial charge in [0, 0.05) is 36.7 Å². The molecule has 5 atom stereocenters. The number of nitrogens with one attached hydrogen (secondary N) is 2. The summed E-state index contributed by atoms with van der Waals surface area (Å²) in [6, 6.07) is 13.7. The standard InChI is InChI=1S/C31H40N4O6/c1-5-34(6-2)22-12-8-20(9-13-22)33-28(38)26-31-17-16-30(4,41-31)24(25(31)29(39)35(26)18-19-36)27(37)32-21-10-14-23(15-11-21)40-7-3/h8-15,24-26,36H,5-7,16-19H2,1-4H3,(H,32,37)(H,33,38)/t24-,25+,26?,30+,31?/m1/s1. The zero-order chi connectivity index (χ0) is 29.4. The normalized spacial score (nSPS) is 28.0. The molecule has 3 aliphatic rings. The van der Waals surface area contributed by atoms with Crippen LogP contribution in [0.15, 0.2) is 48.5 Å². The van der Waals surface area contributed by atoms with Gasteiger partial charge in [0.2, 0.25) is 17.7 Å². The summed E-state index contributed by atoms with van der Waals surface area (Å²) in [5.41, 5.74) is 0.180. The molecule has 10 heteroatoms. The largest absolute Gasteiger partial charge is 0.494 e. The minimum atomic E-state index is -1.16. The number of amides is 3. The molecule has 2 bridgehead atoms. The Balaban J connectivity index is 1.40. The Morgan fingerprint density at radius 1 is 1.00 bits per heavy atom. The van der Waals surface area contributed by atoms with E-state index in [0.717, 1.165) is 18.8 Å². The molecular weight excluding hydrogens is 524 g/mol. The van der Waals surface area contributed by atoms with E-state index in [0.29, 0.717) is 36.6 Å². The summed E-state index contributed by atoms with van der Waals surface area (Å²) in [6.45, 7) is 9.88. The zero-order valence-corrected chi connectivity index (χ0v) is 24.2. The highest BCUT2D eigenvalue weighted by Gasteiger charge is 2.77. The van der Waals surface area contributed by atoms with Crippen molar-refractivity contribution in [2.24, 2.45) is 11.8 Å². The van der Waals surface area contributed by atoms with Crippen molar-refractivity contribution < 1.29 is 29.0 Å². The fourth-order valence-corrected chi connectivity index (χ4v) is 7.05. The maximum Gasteiger partial charge on any atom is 0.250 e. The first-order chi connectivity index (χ1) is 19.7. The average Bonchev–Trinajstić information content (AvgIpc) is 3.52. The minimum absolute atomic E-state index is 0.0244. The number of ether oxygens (including phenoxy) is 2. The number of nitrogens with zero attached hydrogens (tertiary/aromatic N) is 2. The van der Waals surface area contributed by atoms with Crippen molar-refractivity contribution in [3.8, 4) is 5.75 Å². The SMILES string of the molecule is CCOc1ccc(NC(=O)[C@H]2[C@H]3C(=O)N(CCO)C(C(=O)Nc4ccc(N(CC)CC)cc4)C34CC[C@]2(C)O4)cc1. The molecule has 0 aromatic heterocycles. The maximum absolute atomic E-state index is 13.9. The number of anilines is 3. The lowest BCUT2D eigenvalue weighted by atomic mass is 9.66. The van der Waals surface area contributed by atoms with Crippen molar-refractivity contribution in [1.82, 2.24) is 4.90 Å². The van der Waals surface area contributed by atoms with Crippen LogP contribution in [0, 0.1) is 11.8 Å². The van der Waals surface area contributed by atoms with E-state index in [1.807, 2.05) is 38.1 Å². The van der Waals surface area contributed by atoms with Crippen LogP contribution >= 0.6 is 0 Å². The summed E-state index contributed by atoms with van der Waals surface area (Å²) >= 11 is 0. The first kappa shape index (κ1) is 28.9. The van der Waals surface area contributed by atoms with Crippen LogP contribution in [0.3, 0.4) is 0 Å². The molecule has 3 N–H and O–H groups in total. The Morgan fingerprint density at radius 2 is 1.61 bits per heavy atom. The molecule has 0 saturated carbocycles. The molecule has 3 aliphatic heterocycles. The van der Waals surface area contributed by atoms with E-state index in [1.165, 1.54) is 4.90 Å². The molecule has 3 saturated heterocycles. The van der Waals surface area contributed by atoms with Gasteiger partial charge in [0.25, 0.3) is 0 Å². The number of hydrogen-bond acceptors (Lipinski definition) is 7. The quantitative estimate of drug-likeness (QED) is 0.383. The van der Waals surface area contributed by atoms with Crippen molar-refractivity contribution in [1.29, 1.82) is 0 Å². The van der Waals surface area contributed by atoms with E-state index < -0.39 is 29.1 Å². The summed E-state index contributed by atoms with van der Waals surface area (Å²) in [4.78, 5) is 45.1. The van der Waals surface area contributed by atoms with Crippen LogP contribution in [0.1, 0.15) is 40.5 Å². The van der Waals surface area contributed by atoms with Gasteiger partial charge in [-0.15, -0.1) is 0 Å². The van der Waals surface area contributed by atoms with Crippen LogP contribution in [-0.2, 0) is 19.1 Å². The van der Waals surface area contributed by atoms with Crippen LogP contribution in [-0.4, -0.2) is 77.8 Å². The number of rotatable bonds is 11. The lowest BCUT2D eigenvalue weighted by Gasteiger charge is -2.33. The number of β-amino-alcohol motifs (C(OH)–C–C–N with tert-alkyl or cyclic N) is 1. The van der Waals surface area contributed by atoms with Crippen LogP contribution in [0.4, 0.5) is 17.1 Å². The Kier molecular flexibility index (Phi) is 7.98. The van der Waals surface area contributed by atoms with Crippen LogP contribution in [0.2, 0.25) is 0 Å². The van der Waals surface area contributed by atoms with Crippen LogP contribution < -0.4 is 20.3 Å². The van der Waals surface area contributed by atoms with Gasteiger partial charge in [0.15, 0.2) is 0 Å². The Hall–Kier alpha value is -3.63. The highest BCUT2D eigenvalue weighted by Crippen LogP contribution is 2.63. The van der Waals surface area contributed by atoms with Gasteiger partial charge in [-0.05, 0) is 89.1 Å². The number of hydrogen-bond donors (Lipinski definition) is 3. The number of aliphatic hydroxyl groups is 1. The Morgan fingerprint density at radius 3 is 2.20 bits per heavy atom. The minimum Gasteiger partial charge on any atom is -0.494 e. The highest BCUT2D eigenvalue weighted by atomic mass is 16.5. The van der Waals surface area contributed by atoms with E-state index in [9.17, 15) is 19.5 Å². The molecule has 3 amide bonds. The second-order valence-electron chi connectivity index (χ2n) is 11.1. The van der Waals surface area contributed by atoms with Crippen LogP contribution in [0.5, 0.6) is 5.75 Å². The second kappa shape index (κ2) is 11.3. The lowest BCUT2D eigenvalue weighted by molar-refractivity contribution is -0.143. The molecule has 0 aliphatic carbocycles. The average molecular weight is 565 g/mol. The summed E-state index contributed by atoms with van der Waals surface area (Å²) in [5, 5.41) is 15.7. The molecule has 41 heavy (non-hydrogen) atoms. The predicted octanol–water partition coefficient (Wildman–Crippen LogP) is 3.27. The van der Waals surface area contributed by atoms with Crippen LogP contribution in [0.25, 0.3) is 0 Å². The number of likely N-dealkylation sites (tertiary alicyclic amines) is 1. The molecule has 10 nitrogen and oxygen atoms in total. The van der Waals surface area contributed by atoms with Gasteiger partial charge in [-0.25, -0.2) is 0 Å². The third-order valence-corrected chi connectivity index (χ3v) is 8.84. The van der Waals surface area contributed by atoms with Gasteiger partial charge in [-0.3, -0.25) is 14.4 Å². The molecule has 2 unspecified atom stereocenters. The predicted molar refractivity (Wildman–Crippen MR) is 156 cm³/mol. The number of carbonyl (C=O) groups is 3. The zero-order valence-electron chi connectivity index (χ0n) is 24.2. The van der Waals surface area contributed by atoms with E-state index in [4.69, 9.17) is 9.47 Å². The smallest absolute Gasteiger partial charge is 0.250 e. The van der Waals surface area contributed by atoms with Gasteiger partial charge >= 0.3 is 0 Å². The van der Waals surface area contributed by atoms with Gasteiger partial charge in [0.1, 0.15) is 17.4 Å². The second-order valence-corrected chi connectivity index (χ2v) is 11.1. The van der Waals surface area contributed by atoms with Crippen molar-refractivity contribution in [2.45, 2.75) is 57.8 Å². The fourth-order valence-electron chi connectivity index (χ4n) is 7.05. The van der Waals surface area contributed by atoms with E-state index in [-0.39, 0.29) is 30.9 Å². The van der Waals surface area contributed by atoms with Crippen molar-refractivity contribution >= 4 is 34.8 Å². The number of benzene rings is 2. The number of aliphatic hydroxyl groups excluding tert-OH is 1. The molecule has 2 aromatic carbocycles. The molecule has 220 valence electrons. The van der Waals surface area contributed by atoms with E-state index >= 15 is 0 Å². The third kappa shape index (κ3) is 4.93. The first-order valence-electron chi connectivity index (χ1n) is 14.5. The van der Waals surface area contributed by atoms with Gasteiger partial charge < -0.3 is 35.0 Å². The maximum atomic E-state index is 13.9. The van der Waals surface area contributed by atoms with Gasteiger partial charge in [-0.2, -0.15) is 0 Å². The molecule has 5 rings (SSSR count). The van der Waals surface area contributed by atoms with Crippen molar-refractivity contribution in [3.63, 3.8) is 0 Å². The fraction of sp³-hybridized carbons (Fsp3) is 0.516. The monoisotopic (exact) mass is 564 g/mol. The lowest BCUT2D eigenvalue weighted by Crippen LogP contribution is -2.53. The summed E-state index contributed by atoms with van der Waals surface area (Å²) < 4.78 is 12.1. The van der Waals surface area contributed by atoms with Gasteiger partial charge in [-0.1, -0.05) is 0 Å². The summed E-state index contributed by atoms with van der Waals surface area (Å²) in [6.07, 6.45) is 1.00. The molecule has 3 fully saturated rings. The van der Waals surface area contributed by atoms with E-state index in [2.05, 4.69) is 29.4 Å². The highest BCUT2D eigenvalue weighted by molar-refractivity contribution is 6.05. The summed E-state index contributed by atoms with van der Waals surface area (Å²) in [7, 11) is 0. The molecular formula is C31H40N4O6. The topological polar surface area (TPSA) is 120 Å². The third-order valence-electron chi connectivity index (χ3n) is 8.84. The van der Waals surface area contributed by atoms with Crippen molar-refractivity contribution in [2.75, 3.05) is 48.4 Å². The summed E-state index contributed by atoms with van der Waals surface area (Å²) in [5.74, 6) is -1.98. The van der Waals surface area contributed by atoms with Crippen molar-refractivity contribution in [3.05, 3.63) is 48.5 Å². The first-order valence-corrected chi connectivity index (χ1v) is 14.5. The van der Waals surface area contributed by atoms with E-state index in [1.54, 1.807) is 24.3 Å². The molecule has 0 radical (unpaired) electrons. The Labute approximate surface area is 241 Å². The molecule has 1 spiro atoms. The number of fused-ring (bicyclic) bond motifs is 1.